The highest BCUT2D eigenvalue weighted by Gasteiger charge is 2.30. The van der Waals surface area contributed by atoms with Gasteiger partial charge in [0.25, 0.3) is 0 Å². The summed E-state index contributed by atoms with van der Waals surface area (Å²) in [7, 11) is 1.70. The van der Waals surface area contributed by atoms with Crippen molar-refractivity contribution in [1.82, 2.24) is 0 Å². The molecule has 0 fully saturated rings. The van der Waals surface area contributed by atoms with Gasteiger partial charge in [-0.1, -0.05) is 72.8 Å². The molecule has 3 aromatic carbocycles. The molecule has 122 valence electrons. The predicted molar refractivity (Wildman–Crippen MR) is 103 cm³/mol. The van der Waals surface area contributed by atoms with E-state index in [4.69, 9.17) is 4.74 Å². The quantitative estimate of drug-likeness (QED) is 0.433. The van der Waals surface area contributed by atoms with Crippen molar-refractivity contribution in [3.63, 3.8) is 0 Å². The monoisotopic (exact) mass is 316 g/mol. The lowest BCUT2D eigenvalue weighted by molar-refractivity contribution is 0.414. The maximum atomic E-state index is 5.29. The van der Waals surface area contributed by atoms with Crippen LogP contribution in [0.4, 0.5) is 0 Å². The highest BCUT2D eigenvalue weighted by Crippen LogP contribution is 2.39. The summed E-state index contributed by atoms with van der Waals surface area (Å²) < 4.78 is 5.29. The number of rotatable bonds is 4. The van der Waals surface area contributed by atoms with E-state index in [1.54, 1.807) is 7.11 Å². The minimum atomic E-state index is -0.186. The van der Waals surface area contributed by atoms with Crippen molar-refractivity contribution in [2.75, 3.05) is 7.11 Å². The van der Waals surface area contributed by atoms with Crippen LogP contribution in [0.5, 0.6) is 5.75 Å². The molecule has 1 heteroatoms. The third-order valence-corrected chi connectivity index (χ3v) is 4.37. The Morgan fingerprint density at radius 1 is 0.625 bits per heavy atom. The van der Waals surface area contributed by atoms with Crippen LogP contribution in [0.1, 0.15) is 23.6 Å². The summed E-state index contributed by atoms with van der Waals surface area (Å²) in [6, 6.07) is 29.6. The van der Waals surface area contributed by atoms with Crippen LogP contribution in [0, 0.1) is 0 Å². The van der Waals surface area contributed by atoms with Crippen LogP contribution in [0.25, 0.3) is 0 Å². The Bertz CT molecular complexity index is 691. The summed E-state index contributed by atoms with van der Waals surface area (Å²) >= 11 is 0. The van der Waals surface area contributed by atoms with Crippen LogP contribution in [0.3, 0.4) is 0 Å². The van der Waals surface area contributed by atoms with E-state index in [2.05, 4.69) is 92.9 Å². The molecule has 3 rings (SSSR count). The van der Waals surface area contributed by atoms with Gasteiger partial charge in [-0.25, -0.2) is 0 Å². The number of hydrogen-bond donors (Lipinski definition) is 0. The molecule has 0 saturated carbocycles. The number of benzene rings is 3. The molecule has 0 saturated heterocycles. The predicted octanol–water partition coefficient (Wildman–Crippen LogP) is 5.85. The van der Waals surface area contributed by atoms with Crippen LogP contribution in [-0.4, -0.2) is 7.11 Å². The molecule has 0 spiro atoms. The van der Waals surface area contributed by atoms with Gasteiger partial charge in [0, 0.05) is 5.41 Å². The van der Waals surface area contributed by atoms with Gasteiger partial charge in [0.15, 0.2) is 0 Å². The fourth-order valence-electron chi connectivity index (χ4n) is 2.97. The molecule has 0 aromatic heterocycles. The minimum Gasteiger partial charge on any atom is -0.497 e. The molecule has 24 heavy (non-hydrogen) atoms. The molecule has 0 atom stereocenters. The van der Waals surface area contributed by atoms with Gasteiger partial charge in [0.2, 0.25) is 0 Å². The summed E-state index contributed by atoms with van der Waals surface area (Å²) in [6.07, 6.45) is 0. The molecule has 0 heterocycles. The summed E-state index contributed by atoms with van der Waals surface area (Å²) in [6.45, 7) is 8.28. The Labute approximate surface area is 145 Å². The highest BCUT2D eigenvalue weighted by molar-refractivity contribution is 5.50. The molecule has 0 N–H and O–H groups in total. The van der Waals surface area contributed by atoms with Gasteiger partial charge in [0.1, 0.15) is 5.75 Å². The van der Waals surface area contributed by atoms with Gasteiger partial charge < -0.3 is 4.74 Å². The molecule has 0 amide bonds. The Balaban J connectivity index is 0.00000100. The molecule has 0 aliphatic heterocycles. The van der Waals surface area contributed by atoms with Crippen LogP contribution in [0.2, 0.25) is 0 Å². The summed E-state index contributed by atoms with van der Waals surface area (Å²) in [5.41, 5.74) is 3.64. The van der Waals surface area contributed by atoms with Crippen molar-refractivity contribution < 1.29 is 4.74 Å². The lowest BCUT2D eigenvalue weighted by atomic mass is 9.71. The lowest BCUT2D eigenvalue weighted by Crippen LogP contribution is -2.25. The van der Waals surface area contributed by atoms with Crippen molar-refractivity contribution >= 4 is 0 Å². The first kappa shape index (κ1) is 17.6. The van der Waals surface area contributed by atoms with E-state index in [-0.39, 0.29) is 5.41 Å². The maximum Gasteiger partial charge on any atom is 0.118 e. The second-order valence-electron chi connectivity index (χ2n) is 5.59. The largest absolute Gasteiger partial charge is 0.497 e. The number of ether oxygens (including phenoxy) is 1. The fourth-order valence-corrected chi connectivity index (χ4v) is 2.97. The van der Waals surface area contributed by atoms with E-state index in [0.29, 0.717) is 0 Å². The van der Waals surface area contributed by atoms with Crippen LogP contribution in [-0.2, 0) is 5.41 Å². The third-order valence-electron chi connectivity index (χ3n) is 4.37. The third kappa shape index (κ3) is 3.41. The van der Waals surface area contributed by atoms with Gasteiger partial charge in [-0.15, -0.1) is 13.2 Å². The molecular formula is C23H24O. The minimum absolute atomic E-state index is 0.186. The Morgan fingerprint density at radius 3 is 1.38 bits per heavy atom. The zero-order valence-electron chi connectivity index (χ0n) is 14.4. The first-order valence-corrected chi connectivity index (χ1v) is 8.01. The van der Waals surface area contributed by atoms with E-state index >= 15 is 0 Å². The van der Waals surface area contributed by atoms with Crippen molar-refractivity contribution in [2.45, 2.75) is 12.3 Å². The average Bonchev–Trinajstić information content (AvgIpc) is 2.70. The average molecular weight is 316 g/mol. The molecule has 3 aromatic rings. The van der Waals surface area contributed by atoms with Crippen molar-refractivity contribution in [3.8, 4) is 5.75 Å². The van der Waals surface area contributed by atoms with E-state index < -0.39 is 0 Å². The van der Waals surface area contributed by atoms with E-state index in [1.807, 2.05) is 12.1 Å². The molecule has 0 bridgehead atoms. The summed E-state index contributed by atoms with van der Waals surface area (Å²) in [4.78, 5) is 0. The van der Waals surface area contributed by atoms with Crippen LogP contribution >= 0.6 is 0 Å². The van der Waals surface area contributed by atoms with Crippen molar-refractivity contribution in [3.05, 3.63) is 115 Å². The first-order valence-electron chi connectivity index (χ1n) is 8.01. The smallest absolute Gasteiger partial charge is 0.118 e. The molecule has 0 radical (unpaired) electrons. The zero-order valence-corrected chi connectivity index (χ0v) is 14.4. The van der Waals surface area contributed by atoms with Crippen molar-refractivity contribution in [2.24, 2.45) is 0 Å². The number of methoxy groups -OCH3 is 1. The summed E-state index contributed by atoms with van der Waals surface area (Å²) in [5.74, 6) is 0.882. The Kier molecular flexibility index (Phi) is 5.97. The number of hydrogen-bond acceptors (Lipinski definition) is 1. The second kappa shape index (κ2) is 8.16. The van der Waals surface area contributed by atoms with Gasteiger partial charge >= 0.3 is 0 Å². The van der Waals surface area contributed by atoms with E-state index in [1.165, 1.54) is 16.7 Å². The standard InChI is InChI=1S/C21H20O.C2H4/c1-21(17-9-5-3-6-10-17,18-11-7-4-8-12-18)19-13-15-20(22-2)16-14-19;1-2/h3-16H,1-2H3;1-2H2. The fraction of sp³-hybridized carbons (Fsp3) is 0.130. The topological polar surface area (TPSA) is 9.23 Å². The molecule has 0 aliphatic carbocycles. The van der Waals surface area contributed by atoms with Crippen LogP contribution in [0.15, 0.2) is 98.1 Å². The maximum absolute atomic E-state index is 5.29. The lowest BCUT2D eigenvalue weighted by Gasteiger charge is -2.32. The molecular weight excluding hydrogens is 292 g/mol. The highest BCUT2D eigenvalue weighted by atomic mass is 16.5. The first-order chi connectivity index (χ1) is 11.7. The molecule has 1 nitrogen and oxygen atoms in total. The second-order valence-corrected chi connectivity index (χ2v) is 5.59. The normalized spacial score (nSPS) is 10.4. The van der Waals surface area contributed by atoms with Gasteiger partial charge in [-0.3, -0.25) is 0 Å². The van der Waals surface area contributed by atoms with E-state index in [9.17, 15) is 0 Å². The van der Waals surface area contributed by atoms with E-state index in [0.717, 1.165) is 5.75 Å². The van der Waals surface area contributed by atoms with Gasteiger partial charge in [0.05, 0.1) is 7.11 Å². The van der Waals surface area contributed by atoms with Gasteiger partial charge in [-0.2, -0.15) is 0 Å². The SMILES string of the molecule is C=C.COc1ccc(C(C)(c2ccccc2)c2ccccc2)cc1. The Morgan fingerprint density at radius 2 is 1.00 bits per heavy atom. The van der Waals surface area contributed by atoms with Crippen molar-refractivity contribution in [1.29, 1.82) is 0 Å². The Hall–Kier alpha value is -2.80. The molecule has 0 aliphatic rings. The zero-order chi connectivity index (χ0) is 17.4. The summed E-state index contributed by atoms with van der Waals surface area (Å²) in [5, 5.41) is 0. The molecule has 0 unspecified atom stereocenters. The van der Waals surface area contributed by atoms with Crippen LogP contribution < -0.4 is 4.74 Å². The van der Waals surface area contributed by atoms with Gasteiger partial charge in [-0.05, 0) is 35.7 Å².